The summed E-state index contributed by atoms with van der Waals surface area (Å²) >= 11 is 1.76. The van der Waals surface area contributed by atoms with Gasteiger partial charge in [-0.25, -0.2) is 8.78 Å². The van der Waals surface area contributed by atoms with E-state index in [9.17, 15) is 13.6 Å². The van der Waals surface area contributed by atoms with Gasteiger partial charge in [-0.1, -0.05) is 6.42 Å². The van der Waals surface area contributed by atoms with E-state index < -0.39 is 23.1 Å². The molecule has 1 fully saturated rings. The Hall–Kier alpha value is -1.30. The van der Waals surface area contributed by atoms with Gasteiger partial charge in [-0.2, -0.15) is 11.8 Å². The van der Waals surface area contributed by atoms with Gasteiger partial charge in [-0.15, -0.1) is 0 Å². The summed E-state index contributed by atoms with van der Waals surface area (Å²) in [4.78, 5) is 12.0. The van der Waals surface area contributed by atoms with Crippen LogP contribution in [0.25, 0.3) is 0 Å². The van der Waals surface area contributed by atoms with Crippen LogP contribution in [0.2, 0.25) is 0 Å². The first-order valence-electron chi connectivity index (χ1n) is 6.60. The average molecular weight is 300 g/mol. The second kappa shape index (κ2) is 6.43. The SMILES string of the molecule is CSC1CCCC(NC(=O)c2c(F)ccc(N)c2F)C1. The van der Waals surface area contributed by atoms with Crippen LogP contribution in [0, 0.1) is 11.6 Å². The molecule has 2 unspecified atom stereocenters. The molecule has 0 aliphatic heterocycles. The number of carbonyl (C=O) groups excluding carboxylic acids is 1. The van der Waals surface area contributed by atoms with Crippen LogP contribution in [0.3, 0.4) is 0 Å². The number of nitrogens with one attached hydrogen (secondary N) is 1. The summed E-state index contributed by atoms with van der Waals surface area (Å²) in [5.74, 6) is -2.59. The molecular weight excluding hydrogens is 282 g/mol. The highest BCUT2D eigenvalue weighted by atomic mass is 32.2. The first kappa shape index (κ1) is 15.1. The van der Waals surface area contributed by atoms with Gasteiger partial charge in [-0.3, -0.25) is 4.79 Å². The summed E-state index contributed by atoms with van der Waals surface area (Å²) in [5, 5.41) is 3.21. The monoisotopic (exact) mass is 300 g/mol. The zero-order valence-electron chi connectivity index (χ0n) is 11.3. The van der Waals surface area contributed by atoms with Crippen molar-refractivity contribution in [2.24, 2.45) is 0 Å². The Morgan fingerprint density at radius 3 is 2.85 bits per heavy atom. The summed E-state index contributed by atoms with van der Waals surface area (Å²) < 4.78 is 27.4. The molecule has 0 spiro atoms. The minimum atomic E-state index is -0.986. The molecule has 1 amide bonds. The number of hydrogen-bond acceptors (Lipinski definition) is 3. The van der Waals surface area contributed by atoms with Gasteiger partial charge in [0.15, 0.2) is 5.82 Å². The van der Waals surface area contributed by atoms with Crippen molar-refractivity contribution < 1.29 is 13.6 Å². The number of amides is 1. The first-order chi connectivity index (χ1) is 9.52. The fourth-order valence-corrected chi connectivity index (χ4v) is 3.35. The maximum Gasteiger partial charge on any atom is 0.257 e. The molecule has 0 saturated heterocycles. The summed E-state index contributed by atoms with van der Waals surface area (Å²) in [7, 11) is 0. The Labute approximate surface area is 121 Å². The fraction of sp³-hybridized carbons (Fsp3) is 0.500. The molecule has 1 aromatic carbocycles. The average Bonchev–Trinajstić information content (AvgIpc) is 2.43. The molecule has 110 valence electrons. The van der Waals surface area contributed by atoms with Gasteiger partial charge in [-0.05, 0) is 37.7 Å². The van der Waals surface area contributed by atoms with Gasteiger partial charge in [0.05, 0.1) is 5.69 Å². The minimum absolute atomic E-state index is 0.0334. The number of hydrogen-bond donors (Lipinski definition) is 2. The molecule has 0 radical (unpaired) electrons. The zero-order valence-corrected chi connectivity index (χ0v) is 12.1. The van der Waals surface area contributed by atoms with Gasteiger partial charge in [0.1, 0.15) is 11.4 Å². The molecular formula is C14H18F2N2OS. The third-order valence-electron chi connectivity index (χ3n) is 3.64. The van der Waals surface area contributed by atoms with E-state index in [4.69, 9.17) is 5.73 Å². The zero-order chi connectivity index (χ0) is 14.7. The Balaban J connectivity index is 2.11. The minimum Gasteiger partial charge on any atom is -0.396 e. The number of benzene rings is 1. The van der Waals surface area contributed by atoms with E-state index in [2.05, 4.69) is 5.32 Å². The maximum atomic E-state index is 13.8. The third-order valence-corrected chi connectivity index (χ3v) is 4.74. The Morgan fingerprint density at radius 2 is 2.15 bits per heavy atom. The van der Waals surface area contributed by atoms with E-state index in [1.807, 2.05) is 6.26 Å². The van der Waals surface area contributed by atoms with Crippen LogP contribution in [0.5, 0.6) is 0 Å². The summed E-state index contributed by atoms with van der Waals surface area (Å²) in [5.41, 5.74) is 4.57. The molecule has 2 rings (SSSR count). The van der Waals surface area contributed by atoms with E-state index in [0.29, 0.717) is 5.25 Å². The number of nitrogens with two attached hydrogens (primary N) is 1. The Kier molecular flexibility index (Phi) is 4.86. The maximum absolute atomic E-state index is 13.8. The number of nitrogen functional groups attached to an aromatic ring is 1. The van der Waals surface area contributed by atoms with Crippen molar-refractivity contribution >= 4 is 23.4 Å². The Bertz CT molecular complexity index is 510. The topological polar surface area (TPSA) is 55.1 Å². The van der Waals surface area contributed by atoms with Crippen molar-refractivity contribution in [3.8, 4) is 0 Å². The molecule has 3 N–H and O–H groups in total. The van der Waals surface area contributed by atoms with Gasteiger partial charge < -0.3 is 11.1 Å². The van der Waals surface area contributed by atoms with Crippen LogP contribution in [0.1, 0.15) is 36.0 Å². The highest BCUT2D eigenvalue weighted by Gasteiger charge is 2.26. The van der Waals surface area contributed by atoms with Gasteiger partial charge in [0.2, 0.25) is 0 Å². The highest BCUT2D eigenvalue weighted by Crippen LogP contribution is 2.27. The number of thioether (sulfide) groups is 1. The van der Waals surface area contributed by atoms with Gasteiger partial charge in [0, 0.05) is 11.3 Å². The summed E-state index contributed by atoms with van der Waals surface area (Å²) in [6.07, 6.45) is 5.84. The smallest absolute Gasteiger partial charge is 0.257 e. The molecule has 1 aliphatic carbocycles. The van der Waals surface area contributed by atoms with Crippen LogP contribution in [-0.4, -0.2) is 23.5 Å². The Morgan fingerprint density at radius 1 is 1.40 bits per heavy atom. The van der Waals surface area contributed by atoms with Crippen molar-refractivity contribution in [1.29, 1.82) is 0 Å². The van der Waals surface area contributed by atoms with Crippen LogP contribution in [-0.2, 0) is 0 Å². The predicted molar refractivity (Wildman–Crippen MR) is 77.8 cm³/mol. The van der Waals surface area contributed by atoms with Crippen molar-refractivity contribution in [2.45, 2.75) is 37.0 Å². The molecule has 2 atom stereocenters. The number of rotatable bonds is 3. The first-order valence-corrected chi connectivity index (χ1v) is 7.88. The predicted octanol–water partition coefficient (Wildman–Crippen LogP) is 2.95. The number of carbonyl (C=O) groups is 1. The van der Waals surface area contributed by atoms with E-state index >= 15 is 0 Å². The summed E-state index contributed by atoms with van der Waals surface area (Å²) in [6, 6.07) is 2.10. The van der Waals surface area contributed by atoms with Gasteiger partial charge in [0.25, 0.3) is 5.91 Å². The summed E-state index contributed by atoms with van der Waals surface area (Å²) in [6.45, 7) is 0. The molecule has 6 heteroatoms. The molecule has 1 aromatic rings. The van der Waals surface area contributed by atoms with Gasteiger partial charge >= 0.3 is 0 Å². The van der Waals surface area contributed by atoms with Crippen molar-refractivity contribution in [1.82, 2.24) is 5.32 Å². The molecule has 20 heavy (non-hydrogen) atoms. The third kappa shape index (κ3) is 3.23. The lowest BCUT2D eigenvalue weighted by Crippen LogP contribution is -2.39. The molecule has 3 nitrogen and oxygen atoms in total. The standard InChI is InChI=1S/C14H18F2N2OS/c1-20-9-4-2-3-8(7-9)18-14(19)12-10(15)5-6-11(17)13(12)16/h5-6,8-9H,2-4,7,17H2,1H3,(H,18,19). The molecule has 1 aliphatic rings. The van der Waals surface area contributed by atoms with Crippen LogP contribution in [0.4, 0.5) is 14.5 Å². The lowest BCUT2D eigenvalue weighted by atomic mass is 9.94. The number of halogens is 2. The van der Waals surface area contributed by atoms with Crippen molar-refractivity contribution in [3.63, 3.8) is 0 Å². The molecule has 0 bridgehead atoms. The molecule has 0 aromatic heterocycles. The van der Waals surface area contributed by atoms with E-state index in [0.717, 1.165) is 37.8 Å². The van der Waals surface area contributed by atoms with Crippen LogP contribution < -0.4 is 11.1 Å². The van der Waals surface area contributed by atoms with E-state index in [-0.39, 0.29) is 11.7 Å². The van der Waals surface area contributed by atoms with Crippen LogP contribution in [0.15, 0.2) is 12.1 Å². The largest absolute Gasteiger partial charge is 0.396 e. The quantitative estimate of drug-likeness (QED) is 0.844. The molecule has 1 saturated carbocycles. The van der Waals surface area contributed by atoms with E-state index in [1.54, 1.807) is 11.8 Å². The normalized spacial score (nSPS) is 22.6. The van der Waals surface area contributed by atoms with E-state index in [1.165, 1.54) is 0 Å². The number of anilines is 1. The second-order valence-corrected chi connectivity index (χ2v) is 6.16. The second-order valence-electron chi connectivity index (χ2n) is 5.02. The van der Waals surface area contributed by atoms with Crippen molar-refractivity contribution in [3.05, 3.63) is 29.3 Å². The lowest BCUT2D eigenvalue weighted by molar-refractivity contribution is 0.0920. The van der Waals surface area contributed by atoms with Crippen LogP contribution >= 0.6 is 11.8 Å². The highest BCUT2D eigenvalue weighted by molar-refractivity contribution is 7.99. The fourth-order valence-electron chi connectivity index (χ4n) is 2.52. The lowest BCUT2D eigenvalue weighted by Gasteiger charge is -2.28. The van der Waals surface area contributed by atoms with Crippen molar-refractivity contribution in [2.75, 3.05) is 12.0 Å². The molecule has 0 heterocycles.